The van der Waals surface area contributed by atoms with Gasteiger partial charge < -0.3 is 15.0 Å². The number of benzene rings is 1. The predicted octanol–water partition coefficient (Wildman–Crippen LogP) is 3.71. The summed E-state index contributed by atoms with van der Waals surface area (Å²) in [5, 5.41) is 11.8. The van der Waals surface area contributed by atoms with E-state index < -0.39 is 0 Å². The number of hydrogen-bond acceptors (Lipinski definition) is 6. The molecule has 0 spiro atoms. The molecule has 0 unspecified atom stereocenters. The number of amides is 1. The highest BCUT2D eigenvalue weighted by Gasteiger charge is 2.26. The van der Waals surface area contributed by atoms with E-state index in [0.717, 1.165) is 54.3 Å². The molecule has 0 radical (unpaired) electrons. The number of hydrogen-bond donors (Lipinski definition) is 1. The van der Waals surface area contributed by atoms with Crippen molar-refractivity contribution in [3.8, 4) is 17.0 Å². The number of methoxy groups -OCH3 is 1. The number of carbonyl (C=O) groups excluding carboxylic acids is 1. The summed E-state index contributed by atoms with van der Waals surface area (Å²) < 4.78 is 5.36. The Morgan fingerprint density at radius 2 is 1.83 bits per heavy atom. The third-order valence-electron chi connectivity index (χ3n) is 5.43. The average Bonchev–Trinajstić information content (AvgIpc) is 2.80. The lowest BCUT2D eigenvalue weighted by molar-refractivity contribution is -0.120. The van der Waals surface area contributed by atoms with Crippen LogP contribution < -0.4 is 15.0 Å². The van der Waals surface area contributed by atoms with E-state index in [0.29, 0.717) is 5.75 Å². The van der Waals surface area contributed by atoms with E-state index in [1.807, 2.05) is 49.4 Å². The maximum Gasteiger partial charge on any atom is 0.227 e. The second kappa shape index (κ2) is 8.90. The fraction of sp³-hybridized carbons (Fsp3) is 0.304. The maximum absolute atomic E-state index is 12.8. The largest absolute Gasteiger partial charge is 0.495 e. The van der Waals surface area contributed by atoms with Crippen molar-refractivity contribution in [2.45, 2.75) is 19.8 Å². The summed E-state index contributed by atoms with van der Waals surface area (Å²) in [6.45, 7) is 3.53. The van der Waals surface area contributed by atoms with Crippen molar-refractivity contribution in [1.82, 2.24) is 15.2 Å². The molecule has 4 rings (SSSR count). The van der Waals surface area contributed by atoms with Crippen molar-refractivity contribution in [2.75, 3.05) is 30.4 Å². The van der Waals surface area contributed by atoms with Crippen molar-refractivity contribution < 1.29 is 9.53 Å². The van der Waals surface area contributed by atoms with Gasteiger partial charge in [0.1, 0.15) is 5.75 Å². The van der Waals surface area contributed by atoms with Crippen molar-refractivity contribution in [3.05, 3.63) is 60.4 Å². The lowest BCUT2D eigenvalue weighted by Gasteiger charge is -2.32. The van der Waals surface area contributed by atoms with E-state index in [2.05, 4.69) is 25.4 Å². The number of ether oxygens (including phenoxy) is 1. The van der Waals surface area contributed by atoms with Gasteiger partial charge in [0.25, 0.3) is 0 Å². The molecule has 1 fully saturated rings. The second-order valence-electron chi connectivity index (χ2n) is 7.47. The summed E-state index contributed by atoms with van der Waals surface area (Å²) in [5.74, 6) is 1.52. The Bertz CT molecular complexity index is 1000. The predicted molar refractivity (Wildman–Crippen MR) is 117 cm³/mol. The average molecular weight is 403 g/mol. The SMILES string of the molecule is COc1ccc(C)cc1NC(=O)C1CCN(c2ccc(-c3ccncc3)nn2)CC1. The molecular weight excluding hydrogens is 378 g/mol. The van der Waals surface area contributed by atoms with Crippen molar-refractivity contribution in [3.63, 3.8) is 0 Å². The molecule has 154 valence electrons. The lowest BCUT2D eigenvalue weighted by Crippen LogP contribution is -2.38. The third-order valence-corrected chi connectivity index (χ3v) is 5.43. The van der Waals surface area contributed by atoms with E-state index >= 15 is 0 Å². The van der Waals surface area contributed by atoms with Crippen LogP contribution in [-0.4, -0.2) is 41.3 Å². The van der Waals surface area contributed by atoms with Crippen LogP contribution in [0.2, 0.25) is 0 Å². The summed E-state index contributed by atoms with van der Waals surface area (Å²) in [4.78, 5) is 19.0. The molecular formula is C23H25N5O2. The van der Waals surface area contributed by atoms with Crippen LogP contribution in [0.4, 0.5) is 11.5 Å². The topological polar surface area (TPSA) is 80.2 Å². The fourth-order valence-electron chi connectivity index (χ4n) is 3.70. The van der Waals surface area contributed by atoms with Gasteiger partial charge in [-0.1, -0.05) is 6.07 Å². The number of nitrogens with zero attached hydrogens (tertiary/aromatic N) is 4. The molecule has 0 saturated carbocycles. The van der Waals surface area contributed by atoms with Gasteiger partial charge in [-0.2, -0.15) is 0 Å². The zero-order valence-corrected chi connectivity index (χ0v) is 17.2. The summed E-state index contributed by atoms with van der Waals surface area (Å²) >= 11 is 0. The minimum absolute atomic E-state index is 0.0319. The van der Waals surface area contributed by atoms with Gasteiger partial charge in [0.2, 0.25) is 5.91 Å². The molecule has 0 bridgehead atoms. The van der Waals surface area contributed by atoms with Crippen LogP contribution in [0.15, 0.2) is 54.9 Å². The minimum atomic E-state index is -0.0319. The Kier molecular flexibility index (Phi) is 5.88. The van der Waals surface area contributed by atoms with Crippen LogP contribution >= 0.6 is 0 Å². The molecule has 1 aliphatic rings. The van der Waals surface area contributed by atoms with E-state index in [4.69, 9.17) is 4.74 Å². The van der Waals surface area contributed by atoms with E-state index in [9.17, 15) is 4.79 Å². The van der Waals surface area contributed by atoms with E-state index in [1.165, 1.54) is 0 Å². The molecule has 1 N–H and O–H groups in total. The molecule has 2 aromatic heterocycles. The first kappa shape index (κ1) is 19.8. The van der Waals surface area contributed by atoms with Gasteiger partial charge in [0.15, 0.2) is 5.82 Å². The summed E-state index contributed by atoms with van der Waals surface area (Å²) in [6.07, 6.45) is 5.03. The molecule has 1 aliphatic heterocycles. The molecule has 0 aliphatic carbocycles. The molecule has 1 saturated heterocycles. The minimum Gasteiger partial charge on any atom is -0.495 e. The number of aromatic nitrogens is 3. The number of anilines is 2. The molecule has 30 heavy (non-hydrogen) atoms. The number of rotatable bonds is 5. The van der Waals surface area contributed by atoms with Gasteiger partial charge in [-0.05, 0) is 61.7 Å². The monoisotopic (exact) mass is 403 g/mol. The number of pyridine rings is 1. The highest BCUT2D eigenvalue weighted by Crippen LogP contribution is 2.28. The number of piperidine rings is 1. The van der Waals surface area contributed by atoms with Gasteiger partial charge >= 0.3 is 0 Å². The summed E-state index contributed by atoms with van der Waals surface area (Å²) in [5.41, 5.74) is 3.62. The smallest absolute Gasteiger partial charge is 0.227 e. The first-order valence-electron chi connectivity index (χ1n) is 10.1. The molecule has 7 heteroatoms. The van der Waals surface area contributed by atoms with Crippen LogP contribution in [0.25, 0.3) is 11.3 Å². The first-order valence-corrected chi connectivity index (χ1v) is 10.1. The Labute approximate surface area is 176 Å². The zero-order chi connectivity index (χ0) is 20.9. The van der Waals surface area contributed by atoms with E-state index in [-0.39, 0.29) is 11.8 Å². The maximum atomic E-state index is 12.8. The van der Waals surface area contributed by atoms with Gasteiger partial charge in [-0.3, -0.25) is 9.78 Å². The van der Waals surface area contributed by atoms with Gasteiger partial charge in [0.05, 0.1) is 18.5 Å². The van der Waals surface area contributed by atoms with Crippen LogP contribution in [0.1, 0.15) is 18.4 Å². The van der Waals surface area contributed by atoms with Crippen molar-refractivity contribution in [2.24, 2.45) is 5.92 Å². The van der Waals surface area contributed by atoms with Gasteiger partial charge in [-0.25, -0.2) is 0 Å². The molecule has 3 heterocycles. The number of carbonyl (C=O) groups is 1. The van der Waals surface area contributed by atoms with Gasteiger partial charge in [0, 0.05) is 37.0 Å². The molecule has 3 aromatic rings. The van der Waals surface area contributed by atoms with Gasteiger partial charge in [-0.15, -0.1) is 10.2 Å². The Balaban J connectivity index is 1.36. The second-order valence-corrected chi connectivity index (χ2v) is 7.47. The lowest BCUT2D eigenvalue weighted by atomic mass is 9.95. The van der Waals surface area contributed by atoms with Crippen LogP contribution in [0, 0.1) is 12.8 Å². The zero-order valence-electron chi connectivity index (χ0n) is 17.2. The summed E-state index contributed by atoms with van der Waals surface area (Å²) in [7, 11) is 1.61. The standard InChI is InChI=1S/C23H25N5O2/c1-16-3-5-21(30-2)20(15-16)25-23(29)18-9-13-28(14-10-18)22-6-4-19(26-27-22)17-7-11-24-12-8-17/h3-8,11-12,15,18H,9-10,13-14H2,1-2H3,(H,25,29). The van der Waals surface area contributed by atoms with Crippen LogP contribution in [0.5, 0.6) is 5.75 Å². The molecule has 7 nitrogen and oxygen atoms in total. The quantitative estimate of drug-likeness (QED) is 0.700. The van der Waals surface area contributed by atoms with Crippen LogP contribution in [0.3, 0.4) is 0 Å². The Morgan fingerprint density at radius 1 is 1.07 bits per heavy atom. The van der Waals surface area contributed by atoms with E-state index in [1.54, 1.807) is 19.5 Å². The highest BCUT2D eigenvalue weighted by molar-refractivity contribution is 5.94. The normalized spacial score (nSPS) is 14.4. The first-order chi connectivity index (χ1) is 14.6. The fourth-order valence-corrected chi connectivity index (χ4v) is 3.70. The third kappa shape index (κ3) is 4.40. The number of aryl methyl sites for hydroxylation is 1. The Morgan fingerprint density at radius 3 is 2.50 bits per heavy atom. The molecule has 1 aromatic carbocycles. The van der Waals surface area contributed by atoms with Crippen molar-refractivity contribution >= 4 is 17.4 Å². The Hall–Kier alpha value is -3.48. The highest BCUT2D eigenvalue weighted by atomic mass is 16.5. The summed E-state index contributed by atoms with van der Waals surface area (Å²) in [6, 6.07) is 13.6. The van der Waals surface area contributed by atoms with Crippen LogP contribution in [-0.2, 0) is 4.79 Å². The number of nitrogens with one attached hydrogen (secondary N) is 1. The molecule has 1 amide bonds. The van der Waals surface area contributed by atoms with Crippen molar-refractivity contribution in [1.29, 1.82) is 0 Å². The molecule has 0 atom stereocenters.